The van der Waals surface area contributed by atoms with Crippen LogP contribution >= 0.6 is 0 Å². The molecule has 0 N–H and O–H groups in total. The zero-order valence-electron chi connectivity index (χ0n) is 16.3. The number of hydrogen-bond donors (Lipinski definition) is 0. The minimum atomic E-state index is -0.593. The molecule has 150 valence electrons. The van der Waals surface area contributed by atoms with Crippen molar-refractivity contribution in [2.75, 3.05) is 13.7 Å². The summed E-state index contributed by atoms with van der Waals surface area (Å²) in [6, 6.07) is 10.6. The minimum absolute atomic E-state index is 0.396. The quantitative estimate of drug-likeness (QED) is 0.407. The fourth-order valence-corrected chi connectivity index (χ4v) is 2.89. The molecule has 2 heterocycles. The smallest absolute Gasteiger partial charge is 0.331 e. The Balaban J connectivity index is 1.75. The minimum Gasteiger partial charge on any atom is -0.497 e. The van der Waals surface area contributed by atoms with Gasteiger partial charge in [0.25, 0.3) is 5.91 Å². The Morgan fingerprint density at radius 1 is 1.24 bits per heavy atom. The largest absolute Gasteiger partial charge is 0.497 e. The maximum Gasteiger partial charge on any atom is 0.331 e. The van der Waals surface area contributed by atoms with Gasteiger partial charge in [-0.1, -0.05) is 18.2 Å². The highest BCUT2D eigenvalue weighted by atomic mass is 16.5. The van der Waals surface area contributed by atoms with Crippen molar-refractivity contribution in [3.63, 3.8) is 0 Å². The maximum absolute atomic E-state index is 12.7. The lowest BCUT2D eigenvalue weighted by Gasteiger charge is -2.19. The van der Waals surface area contributed by atoms with Crippen molar-refractivity contribution in [3.8, 4) is 5.75 Å². The molecule has 0 fully saturated rings. The van der Waals surface area contributed by atoms with Crippen LogP contribution in [0, 0.1) is 0 Å². The van der Waals surface area contributed by atoms with Crippen LogP contribution in [-0.2, 0) is 14.3 Å². The van der Waals surface area contributed by atoms with E-state index in [1.807, 2.05) is 31.2 Å². The van der Waals surface area contributed by atoms with Gasteiger partial charge in [-0.05, 0) is 48.9 Å². The van der Waals surface area contributed by atoms with Gasteiger partial charge in [0, 0.05) is 12.5 Å². The molecule has 7 nitrogen and oxygen atoms in total. The van der Waals surface area contributed by atoms with Crippen LogP contribution < -0.4 is 4.74 Å². The van der Waals surface area contributed by atoms with Crippen molar-refractivity contribution in [1.82, 2.24) is 5.01 Å². The van der Waals surface area contributed by atoms with Gasteiger partial charge in [0.2, 0.25) is 0 Å². The van der Waals surface area contributed by atoms with Crippen LogP contribution in [0.25, 0.3) is 0 Å². The standard InChI is InChI=1S/C22H22N2O5/c1-3-4-5-8-22(26)29-15-21(25)24-19(20-7-6-13-28-20)14-18(23-24)16-9-11-17(27-2)12-10-16/h3-13,19H,14-15H2,1-2H3/b4-3+,8-5+/t19-/m1/s1. The number of rotatable bonds is 7. The molecule has 0 spiro atoms. The van der Waals surface area contributed by atoms with E-state index in [-0.39, 0.29) is 0 Å². The number of esters is 1. The van der Waals surface area contributed by atoms with Gasteiger partial charge in [0.05, 0.1) is 19.1 Å². The van der Waals surface area contributed by atoms with Gasteiger partial charge in [0.1, 0.15) is 17.6 Å². The molecule has 1 aromatic heterocycles. The highest BCUT2D eigenvalue weighted by Gasteiger charge is 2.35. The number of nitrogens with zero attached hydrogens (tertiary/aromatic N) is 2. The Kier molecular flexibility index (Phi) is 6.63. The van der Waals surface area contributed by atoms with Crippen molar-refractivity contribution in [1.29, 1.82) is 0 Å². The van der Waals surface area contributed by atoms with Crippen LogP contribution in [0.2, 0.25) is 0 Å². The van der Waals surface area contributed by atoms with Gasteiger partial charge >= 0.3 is 5.97 Å². The van der Waals surface area contributed by atoms with E-state index in [4.69, 9.17) is 13.9 Å². The van der Waals surface area contributed by atoms with E-state index in [0.29, 0.717) is 12.2 Å². The highest BCUT2D eigenvalue weighted by molar-refractivity contribution is 6.03. The van der Waals surface area contributed by atoms with Gasteiger partial charge in [0.15, 0.2) is 6.61 Å². The van der Waals surface area contributed by atoms with E-state index < -0.39 is 24.5 Å². The number of ether oxygens (including phenoxy) is 2. The van der Waals surface area contributed by atoms with E-state index >= 15 is 0 Å². The first kappa shape index (κ1) is 20.1. The number of hydrazone groups is 1. The van der Waals surface area contributed by atoms with Crippen LogP contribution in [0.4, 0.5) is 0 Å². The van der Waals surface area contributed by atoms with Crippen LogP contribution in [0.1, 0.15) is 30.7 Å². The van der Waals surface area contributed by atoms with Crippen LogP contribution in [0.15, 0.2) is 76.5 Å². The Hall–Kier alpha value is -3.61. The SMILES string of the molecule is C/C=C/C=C/C(=O)OCC(=O)N1N=C(c2ccc(OC)cc2)C[C@@H]1c1ccco1. The van der Waals surface area contributed by atoms with Gasteiger partial charge in [-0.15, -0.1) is 0 Å². The number of amides is 1. The first-order valence-corrected chi connectivity index (χ1v) is 9.16. The Labute approximate surface area is 168 Å². The summed E-state index contributed by atoms with van der Waals surface area (Å²) in [7, 11) is 1.60. The van der Waals surface area contributed by atoms with Crippen molar-refractivity contribution < 1.29 is 23.5 Å². The molecule has 1 amide bonds. The second kappa shape index (κ2) is 9.54. The summed E-state index contributed by atoms with van der Waals surface area (Å²) in [6.07, 6.45) is 8.32. The van der Waals surface area contributed by atoms with Crippen LogP contribution in [-0.4, -0.2) is 36.3 Å². The van der Waals surface area contributed by atoms with E-state index in [2.05, 4.69) is 5.10 Å². The lowest BCUT2D eigenvalue weighted by atomic mass is 10.0. The predicted octanol–water partition coefficient (Wildman–Crippen LogP) is 3.64. The van der Waals surface area contributed by atoms with Crippen molar-refractivity contribution in [3.05, 3.63) is 78.3 Å². The number of carbonyl (C=O) groups excluding carboxylic acids is 2. The molecule has 2 aromatic rings. The predicted molar refractivity (Wildman–Crippen MR) is 107 cm³/mol. The Morgan fingerprint density at radius 2 is 2.03 bits per heavy atom. The molecule has 0 radical (unpaired) electrons. The molecule has 1 aliphatic heterocycles. The average Bonchev–Trinajstić information content (AvgIpc) is 3.42. The summed E-state index contributed by atoms with van der Waals surface area (Å²) >= 11 is 0. The van der Waals surface area contributed by atoms with Crippen molar-refractivity contribution >= 4 is 17.6 Å². The fourth-order valence-electron chi connectivity index (χ4n) is 2.89. The maximum atomic E-state index is 12.7. The molecule has 1 aliphatic rings. The van der Waals surface area contributed by atoms with E-state index in [1.54, 1.807) is 43.7 Å². The molecule has 0 unspecified atom stereocenters. The molecule has 1 aromatic carbocycles. The number of benzene rings is 1. The second-order valence-electron chi connectivity index (χ2n) is 6.24. The Bertz CT molecular complexity index is 927. The van der Waals surface area contributed by atoms with E-state index in [0.717, 1.165) is 17.0 Å². The second-order valence-corrected chi connectivity index (χ2v) is 6.24. The molecule has 0 saturated carbocycles. The number of allylic oxidation sites excluding steroid dienone is 3. The van der Waals surface area contributed by atoms with Gasteiger partial charge < -0.3 is 13.9 Å². The first-order chi connectivity index (χ1) is 14.1. The van der Waals surface area contributed by atoms with Crippen LogP contribution in [0.5, 0.6) is 5.75 Å². The fraction of sp³-hybridized carbons (Fsp3) is 0.227. The topological polar surface area (TPSA) is 81.3 Å². The van der Waals surface area contributed by atoms with E-state index in [9.17, 15) is 9.59 Å². The molecule has 0 bridgehead atoms. The molecular weight excluding hydrogens is 372 g/mol. The third kappa shape index (κ3) is 5.01. The molecule has 0 aliphatic carbocycles. The summed E-state index contributed by atoms with van der Waals surface area (Å²) in [5.74, 6) is 0.331. The molecule has 7 heteroatoms. The summed E-state index contributed by atoms with van der Waals surface area (Å²) in [5.41, 5.74) is 1.62. The number of furan rings is 1. The first-order valence-electron chi connectivity index (χ1n) is 9.16. The van der Waals surface area contributed by atoms with Crippen LogP contribution in [0.3, 0.4) is 0 Å². The number of carbonyl (C=O) groups is 2. The zero-order valence-corrected chi connectivity index (χ0v) is 16.3. The highest BCUT2D eigenvalue weighted by Crippen LogP contribution is 2.33. The molecule has 0 saturated heterocycles. The average molecular weight is 394 g/mol. The van der Waals surface area contributed by atoms with Crippen molar-refractivity contribution in [2.45, 2.75) is 19.4 Å². The van der Waals surface area contributed by atoms with Crippen molar-refractivity contribution in [2.24, 2.45) is 5.10 Å². The number of methoxy groups -OCH3 is 1. The summed E-state index contributed by atoms with van der Waals surface area (Å²) in [5, 5.41) is 5.80. The molecule has 1 atom stereocenters. The summed E-state index contributed by atoms with van der Waals surface area (Å²) in [4.78, 5) is 24.4. The van der Waals surface area contributed by atoms with Gasteiger partial charge in [-0.2, -0.15) is 5.10 Å². The monoisotopic (exact) mass is 394 g/mol. The molecule has 3 rings (SSSR count). The number of hydrogen-bond acceptors (Lipinski definition) is 6. The molecule has 29 heavy (non-hydrogen) atoms. The third-order valence-electron chi connectivity index (χ3n) is 4.33. The third-order valence-corrected chi connectivity index (χ3v) is 4.33. The molecular formula is C22H22N2O5. The lowest BCUT2D eigenvalue weighted by Crippen LogP contribution is -2.31. The van der Waals surface area contributed by atoms with E-state index in [1.165, 1.54) is 11.1 Å². The summed E-state index contributed by atoms with van der Waals surface area (Å²) in [6.45, 7) is 1.43. The zero-order chi connectivity index (χ0) is 20.6. The van der Waals surface area contributed by atoms with Gasteiger partial charge in [-0.3, -0.25) is 4.79 Å². The summed E-state index contributed by atoms with van der Waals surface area (Å²) < 4.78 is 15.7. The van der Waals surface area contributed by atoms with Gasteiger partial charge in [-0.25, -0.2) is 9.80 Å². The Morgan fingerprint density at radius 3 is 2.69 bits per heavy atom. The normalized spacial score (nSPS) is 16.4. The lowest BCUT2D eigenvalue weighted by molar-refractivity contribution is -0.149.